The van der Waals surface area contributed by atoms with Crippen LogP contribution in [-0.2, 0) is 13.3 Å². The van der Waals surface area contributed by atoms with Gasteiger partial charge in [-0.05, 0) is 25.7 Å². The number of rotatable bonds is 11. The highest BCUT2D eigenvalue weighted by Crippen LogP contribution is 2.37. The standard InChI is InChI=1S/C12H28O3S2Si/c1-5-9-13-18(14-10-6-2,15-11-7-3)12(16,17)8-4/h16-17H,5-11H2,1-4H3. The molecule has 0 aromatic carbocycles. The summed E-state index contributed by atoms with van der Waals surface area (Å²) in [6.45, 7) is 10.1. The zero-order chi connectivity index (χ0) is 14.1. The van der Waals surface area contributed by atoms with E-state index >= 15 is 0 Å². The zero-order valence-corrected chi connectivity index (χ0v) is 14.9. The zero-order valence-electron chi connectivity index (χ0n) is 12.1. The van der Waals surface area contributed by atoms with Crippen LogP contribution in [0.25, 0.3) is 0 Å². The van der Waals surface area contributed by atoms with Crippen molar-refractivity contribution in [1.82, 2.24) is 0 Å². The maximum Gasteiger partial charge on any atom is 0.528 e. The van der Waals surface area contributed by atoms with Crippen LogP contribution in [0.1, 0.15) is 53.4 Å². The number of thiol groups is 2. The van der Waals surface area contributed by atoms with E-state index in [0.29, 0.717) is 19.8 Å². The Balaban J connectivity index is 4.97. The molecular weight excluding hydrogens is 284 g/mol. The van der Waals surface area contributed by atoms with Crippen LogP contribution in [0.5, 0.6) is 0 Å². The molecule has 0 saturated carbocycles. The van der Waals surface area contributed by atoms with Gasteiger partial charge >= 0.3 is 8.80 Å². The van der Waals surface area contributed by atoms with Gasteiger partial charge in [-0.25, -0.2) is 0 Å². The minimum atomic E-state index is -2.86. The summed E-state index contributed by atoms with van der Waals surface area (Å²) in [5.41, 5.74) is 0. The Bertz CT molecular complexity index is 194. The Kier molecular flexibility index (Phi) is 10.1. The molecule has 0 rings (SSSR count). The molecule has 3 nitrogen and oxygen atoms in total. The quantitative estimate of drug-likeness (QED) is 0.346. The van der Waals surface area contributed by atoms with Gasteiger partial charge in [-0.3, -0.25) is 0 Å². The molecule has 110 valence electrons. The molecule has 0 fully saturated rings. The summed E-state index contributed by atoms with van der Waals surface area (Å²) < 4.78 is 17.3. The van der Waals surface area contributed by atoms with E-state index in [0.717, 1.165) is 25.7 Å². The fourth-order valence-corrected chi connectivity index (χ4v) is 5.35. The lowest BCUT2D eigenvalue weighted by Crippen LogP contribution is -2.60. The average molecular weight is 313 g/mol. The summed E-state index contributed by atoms with van der Waals surface area (Å²) in [6, 6.07) is 0. The van der Waals surface area contributed by atoms with Crippen LogP contribution in [0.4, 0.5) is 0 Å². The van der Waals surface area contributed by atoms with Crippen LogP contribution in [0.15, 0.2) is 0 Å². The molecule has 0 spiro atoms. The summed E-state index contributed by atoms with van der Waals surface area (Å²) in [5.74, 6) is 0. The van der Waals surface area contributed by atoms with Crippen LogP contribution in [0.2, 0.25) is 0 Å². The van der Waals surface area contributed by atoms with E-state index in [9.17, 15) is 0 Å². The van der Waals surface area contributed by atoms with Gasteiger partial charge in [0.15, 0.2) is 0 Å². The lowest BCUT2D eigenvalue weighted by atomic mass is 10.5. The molecular formula is C12H28O3S2Si. The Hall–Kier alpha value is 0.797. The van der Waals surface area contributed by atoms with Gasteiger partial charge in [-0.2, -0.15) is 25.3 Å². The van der Waals surface area contributed by atoms with Gasteiger partial charge in [0, 0.05) is 19.8 Å². The highest BCUT2D eigenvalue weighted by atomic mass is 32.2. The van der Waals surface area contributed by atoms with Crippen molar-refractivity contribution in [2.45, 2.75) is 57.1 Å². The lowest BCUT2D eigenvalue weighted by Gasteiger charge is -2.39. The molecule has 0 heterocycles. The molecule has 0 N–H and O–H groups in total. The summed E-state index contributed by atoms with van der Waals surface area (Å²) in [5, 5.41) is 0. The van der Waals surface area contributed by atoms with Crippen LogP contribution in [-0.4, -0.2) is 32.3 Å². The molecule has 6 heteroatoms. The monoisotopic (exact) mass is 312 g/mol. The minimum Gasteiger partial charge on any atom is -0.372 e. The second kappa shape index (κ2) is 9.66. The second-order valence-corrected chi connectivity index (χ2v) is 9.82. The molecule has 0 aromatic rings. The van der Waals surface area contributed by atoms with Gasteiger partial charge < -0.3 is 13.3 Å². The van der Waals surface area contributed by atoms with Crippen LogP contribution in [0, 0.1) is 0 Å². The van der Waals surface area contributed by atoms with Crippen molar-refractivity contribution < 1.29 is 13.3 Å². The largest absolute Gasteiger partial charge is 0.528 e. The van der Waals surface area contributed by atoms with Crippen molar-refractivity contribution >= 4 is 34.1 Å². The third kappa shape index (κ3) is 5.42. The van der Waals surface area contributed by atoms with Crippen molar-refractivity contribution in [1.29, 1.82) is 0 Å². The predicted molar refractivity (Wildman–Crippen MR) is 85.5 cm³/mol. The normalized spacial score (nSPS) is 13.0. The van der Waals surface area contributed by atoms with E-state index in [4.69, 9.17) is 13.3 Å². The van der Waals surface area contributed by atoms with Gasteiger partial charge in [0.05, 0.1) is 0 Å². The van der Waals surface area contributed by atoms with Gasteiger partial charge in [0.1, 0.15) is 3.70 Å². The molecule has 0 aliphatic rings. The minimum absolute atomic E-state index is 0.628. The van der Waals surface area contributed by atoms with E-state index < -0.39 is 12.5 Å². The first kappa shape index (κ1) is 18.8. The Morgan fingerprint density at radius 2 is 1.11 bits per heavy atom. The molecule has 0 amide bonds. The summed E-state index contributed by atoms with van der Waals surface area (Å²) >= 11 is 9.27. The van der Waals surface area contributed by atoms with E-state index in [-0.39, 0.29) is 0 Å². The van der Waals surface area contributed by atoms with Gasteiger partial charge in [0.25, 0.3) is 0 Å². The van der Waals surface area contributed by atoms with Crippen molar-refractivity contribution in [2.75, 3.05) is 19.8 Å². The van der Waals surface area contributed by atoms with E-state index in [1.807, 2.05) is 6.92 Å². The van der Waals surface area contributed by atoms with Crippen LogP contribution in [0.3, 0.4) is 0 Å². The van der Waals surface area contributed by atoms with E-state index in [1.165, 1.54) is 0 Å². The summed E-state index contributed by atoms with van der Waals surface area (Å²) in [6.07, 6.45) is 3.53. The molecule has 0 atom stereocenters. The van der Waals surface area contributed by atoms with Crippen molar-refractivity contribution in [2.24, 2.45) is 0 Å². The van der Waals surface area contributed by atoms with Crippen molar-refractivity contribution in [3.05, 3.63) is 0 Å². The first-order valence-electron chi connectivity index (χ1n) is 6.86. The molecule has 18 heavy (non-hydrogen) atoms. The highest BCUT2D eigenvalue weighted by molar-refractivity contribution is 8.03. The third-order valence-electron chi connectivity index (χ3n) is 2.47. The van der Waals surface area contributed by atoms with Crippen molar-refractivity contribution in [3.63, 3.8) is 0 Å². The molecule has 0 saturated heterocycles. The molecule has 0 aliphatic heterocycles. The topological polar surface area (TPSA) is 27.7 Å². The molecule has 0 aliphatic carbocycles. The van der Waals surface area contributed by atoms with Gasteiger partial charge in [0.2, 0.25) is 0 Å². The SMILES string of the molecule is CCCO[Si](OCCC)(OCCC)C(S)(S)CC. The summed E-state index contributed by atoms with van der Waals surface area (Å²) in [7, 11) is -2.86. The fraction of sp³-hybridized carbons (Fsp3) is 1.00. The fourth-order valence-electron chi connectivity index (χ4n) is 1.40. The first-order chi connectivity index (χ1) is 8.49. The van der Waals surface area contributed by atoms with Crippen LogP contribution >= 0.6 is 25.3 Å². The molecule has 0 radical (unpaired) electrons. The Morgan fingerprint density at radius 1 is 0.778 bits per heavy atom. The smallest absolute Gasteiger partial charge is 0.372 e. The first-order valence-corrected chi connectivity index (χ1v) is 9.48. The van der Waals surface area contributed by atoms with E-state index in [2.05, 4.69) is 46.0 Å². The average Bonchev–Trinajstić information content (AvgIpc) is 2.38. The maximum absolute atomic E-state index is 5.98. The van der Waals surface area contributed by atoms with Crippen molar-refractivity contribution in [3.8, 4) is 0 Å². The Morgan fingerprint density at radius 3 is 1.33 bits per heavy atom. The molecule has 0 unspecified atom stereocenters. The lowest BCUT2D eigenvalue weighted by molar-refractivity contribution is 0.0547. The van der Waals surface area contributed by atoms with Crippen LogP contribution < -0.4 is 0 Å². The number of hydrogen-bond acceptors (Lipinski definition) is 5. The maximum atomic E-state index is 5.98. The van der Waals surface area contributed by atoms with Gasteiger partial charge in [-0.1, -0.05) is 27.7 Å². The predicted octanol–water partition coefficient (Wildman–Crippen LogP) is 3.71. The second-order valence-electron chi connectivity index (χ2n) is 4.27. The molecule has 0 aromatic heterocycles. The van der Waals surface area contributed by atoms with E-state index in [1.54, 1.807) is 0 Å². The van der Waals surface area contributed by atoms with Gasteiger partial charge in [-0.15, -0.1) is 0 Å². The number of hydrogen-bond donors (Lipinski definition) is 2. The summed E-state index contributed by atoms with van der Waals surface area (Å²) in [4.78, 5) is 0. The Labute approximate surface area is 124 Å². The third-order valence-corrected chi connectivity index (χ3v) is 7.83. The highest BCUT2D eigenvalue weighted by Gasteiger charge is 2.56. The molecule has 0 bridgehead atoms.